The average Bonchev–Trinajstić information content (AvgIpc) is 2.66. The van der Waals surface area contributed by atoms with Gasteiger partial charge in [0.2, 0.25) is 0 Å². The maximum absolute atomic E-state index is 13.6. The van der Waals surface area contributed by atoms with Gasteiger partial charge < -0.3 is 14.4 Å². The number of halogens is 1. The van der Waals surface area contributed by atoms with Gasteiger partial charge in [-0.05, 0) is 38.0 Å². The van der Waals surface area contributed by atoms with E-state index >= 15 is 0 Å². The molecule has 1 fully saturated rings. The van der Waals surface area contributed by atoms with Gasteiger partial charge >= 0.3 is 0 Å². The maximum atomic E-state index is 13.6. The third-order valence-corrected chi connectivity index (χ3v) is 4.26. The van der Waals surface area contributed by atoms with E-state index in [1.807, 2.05) is 13.0 Å². The zero-order chi connectivity index (χ0) is 18.4. The van der Waals surface area contributed by atoms with Crippen LogP contribution in [0.15, 0.2) is 36.7 Å². The molecule has 1 atom stereocenters. The predicted octanol–water partition coefficient (Wildman–Crippen LogP) is 2.16. The zero-order valence-electron chi connectivity index (χ0n) is 14.7. The average molecular weight is 359 g/mol. The number of aromatic nitrogens is 2. The molecule has 138 valence electrons. The first kappa shape index (κ1) is 18.3. The van der Waals surface area contributed by atoms with Crippen LogP contribution < -0.4 is 4.74 Å². The topological polar surface area (TPSA) is 64.6 Å². The Hall–Kier alpha value is -2.54. The molecule has 26 heavy (non-hydrogen) atoms. The van der Waals surface area contributed by atoms with Crippen molar-refractivity contribution in [3.63, 3.8) is 0 Å². The fourth-order valence-electron chi connectivity index (χ4n) is 2.87. The van der Waals surface area contributed by atoms with E-state index < -0.39 is 5.82 Å². The Morgan fingerprint density at radius 1 is 1.38 bits per heavy atom. The summed E-state index contributed by atoms with van der Waals surface area (Å²) in [5.74, 6) is -0.551. The summed E-state index contributed by atoms with van der Waals surface area (Å²) in [6.45, 7) is 3.25. The Morgan fingerprint density at radius 2 is 2.23 bits per heavy atom. The van der Waals surface area contributed by atoms with E-state index in [4.69, 9.17) is 9.47 Å². The Morgan fingerprint density at radius 3 is 3.04 bits per heavy atom. The van der Waals surface area contributed by atoms with Gasteiger partial charge in [-0.3, -0.25) is 4.79 Å². The summed E-state index contributed by atoms with van der Waals surface area (Å²) in [4.78, 5) is 22.4. The van der Waals surface area contributed by atoms with Crippen LogP contribution in [0.3, 0.4) is 0 Å². The van der Waals surface area contributed by atoms with Crippen LogP contribution in [-0.2, 0) is 16.0 Å². The highest BCUT2D eigenvalue weighted by Crippen LogP contribution is 2.16. The van der Waals surface area contributed by atoms with Gasteiger partial charge in [-0.25, -0.2) is 14.4 Å². The summed E-state index contributed by atoms with van der Waals surface area (Å²) in [5, 5.41) is 0. The number of amides is 1. The number of aryl methyl sites for hydroxylation is 2. The molecule has 1 amide bonds. The van der Waals surface area contributed by atoms with Crippen molar-refractivity contribution in [2.45, 2.75) is 25.9 Å². The van der Waals surface area contributed by atoms with Gasteiger partial charge in [0.05, 0.1) is 12.7 Å². The Balaban J connectivity index is 1.48. The van der Waals surface area contributed by atoms with Crippen molar-refractivity contribution in [3.05, 3.63) is 53.9 Å². The van der Waals surface area contributed by atoms with Gasteiger partial charge in [0.15, 0.2) is 18.2 Å². The predicted molar refractivity (Wildman–Crippen MR) is 93.3 cm³/mol. The highest BCUT2D eigenvalue weighted by Gasteiger charge is 2.24. The zero-order valence-corrected chi connectivity index (χ0v) is 14.7. The van der Waals surface area contributed by atoms with Gasteiger partial charge in [0.1, 0.15) is 6.33 Å². The number of benzene rings is 1. The quantitative estimate of drug-likeness (QED) is 0.791. The molecule has 6 nitrogen and oxygen atoms in total. The Labute approximate surface area is 152 Å². The summed E-state index contributed by atoms with van der Waals surface area (Å²) in [6, 6.07) is 8.01. The van der Waals surface area contributed by atoms with Crippen LogP contribution in [0, 0.1) is 12.7 Å². The summed E-state index contributed by atoms with van der Waals surface area (Å²) in [7, 11) is 0. The number of morpholine rings is 1. The minimum Gasteiger partial charge on any atom is -0.481 e. The largest absolute Gasteiger partial charge is 0.481 e. The van der Waals surface area contributed by atoms with E-state index in [2.05, 4.69) is 9.97 Å². The van der Waals surface area contributed by atoms with Crippen molar-refractivity contribution in [1.29, 1.82) is 0 Å². The van der Waals surface area contributed by atoms with Gasteiger partial charge in [0, 0.05) is 24.5 Å². The molecule has 7 heteroatoms. The van der Waals surface area contributed by atoms with Crippen LogP contribution in [-0.4, -0.2) is 53.2 Å². The van der Waals surface area contributed by atoms with Gasteiger partial charge in [-0.15, -0.1) is 0 Å². The lowest BCUT2D eigenvalue weighted by Crippen LogP contribution is -2.47. The number of nitrogens with zero attached hydrogens (tertiary/aromatic N) is 3. The van der Waals surface area contributed by atoms with E-state index in [1.54, 1.807) is 23.4 Å². The second kappa shape index (κ2) is 8.71. The highest BCUT2D eigenvalue weighted by atomic mass is 19.1. The fraction of sp³-hybridized carbons (Fsp3) is 0.421. The molecule has 0 N–H and O–H groups in total. The number of carbonyl (C=O) groups is 1. The molecule has 0 aliphatic carbocycles. The molecule has 1 aliphatic heterocycles. The van der Waals surface area contributed by atoms with Crippen molar-refractivity contribution in [1.82, 2.24) is 14.9 Å². The second-order valence-electron chi connectivity index (χ2n) is 6.24. The van der Waals surface area contributed by atoms with Crippen LogP contribution in [0.5, 0.6) is 5.75 Å². The van der Waals surface area contributed by atoms with E-state index in [0.29, 0.717) is 19.7 Å². The lowest BCUT2D eigenvalue weighted by atomic mass is 10.1. The van der Waals surface area contributed by atoms with Crippen molar-refractivity contribution in [2.75, 3.05) is 26.3 Å². The molecular weight excluding hydrogens is 337 g/mol. The van der Waals surface area contributed by atoms with Crippen molar-refractivity contribution in [2.24, 2.45) is 0 Å². The van der Waals surface area contributed by atoms with Gasteiger partial charge in [-0.2, -0.15) is 0 Å². The van der Waals surface area contributed by atoms with Crippen LogP contribution in [0.25, 0.3) is 0 Å². The number of hydrogen-bond acceptors (Lipinski definition) is 5. The van der Waals surface area contributed by atoms with Crippen LogP contribution >= 0.6 is 0 Å². The second-order valence-corrected chi connectivity index (χ2v) is 6.24. The molecular formula is C19H22FN3O3. The van der Waals surface area contributed by atoms with E-state index in [-0.39, 0.29) is 24.4 Å². The monoisotopic (exact) mass is 359 g/mol. The van der Waals surface area contributed by atoms with E-state index in [1.165, 1.54) is 12.1 Å². The number of ether oxygens (including phenoxy) is 2. The third-order valence-electron chi connectivity index (χ3n) is 4.26. The Kier molecular flexibility index (Phi) is 6.12. The molecule has 1 unspecified atom stereocenters. The highest BCUT2D eigenvalue weighted by molar-refractivity contribution is 5.77. The van der Waals surface area contributed by atoms with Crippen LogP contribution in [0.4, 0.5) is 4.39 Å². The molecule has 0 spiro atoms. The first-order valence-corrected chi connectivity index (χ1v) is 8.66. The fourth-order valence-corrected chi connectivity index (χ4v) is 2.87. The first-order chi connectivity index (χ1) is 12.6. The van der Waals surface area contributed by atoms with Gasteiger partial charge in [-0.1, -0.05) is 12.1 Å². The first-order valence-electron chi connectivity index (χ1n) is 8.66. The third kappa shape index (κ3) is 4.98. The normalized spacial score (nSPS) is 17.2. The standard InChI is InChI=1S/C19H22FN3O3/c1-14-10-15(22-13-21-14)6-7-16-11-23(8-9-25-16)19(24)12-26-18-5-3-2-4-17(18)20/h2-5,10,13,16H,6-9,11-12H2,1H3. The minimum atomic E-state index is -0.472. The lowest BCUT2D eigenvalue weighted by Gasteiger charge is -2.33. The molecule has 1 saturated heterocycles. The van der Waals surface area contributed by atoms with Crippen molar-refractivity contribution < 1.29 is 18.7 Å². The molecule has 1 aromatic heterocycles. The summed E-state index contributed by atoms with van der Waals surface area (Å²) >= 11 is 0. The van der Waals surface area contributed by atoms with Crippen LogP contribution in [0.2, 0.25) is 0 Å². The number of rotatable bonds is 6. The van der Waals surface area contributed by atoms with E-state index in [0.717, 1.165) is 24.2 Å². The number of carbonyl (C=O) groups excluding carboxylic acids is 1. The molecule has 0 saturated carbocycles. The molecule has 0 bridgehead atoms. The number of para-hydroxylation sites is 1. The molecule has 2 aromatic rings. The summed E-state index contributed by atoms with van der Waals surface area (Å²) in [5.41, 5.74) is 1.90. The Bertz CT molecular complexity index is 756. The molecule has 2 heterocycles. The van der Waals surface area contributed by atoms with Crippen molar-refractivity contribution >= 4 is 5.91 Å². The molecule has 1 aromatic carbocycles. The van der Waals surface area contributed by atoms with Crippen molar-refractivity contribution in [3.8, 4) is 5.75 Å². The molecule has 0 radical (unpaired) electrons. The summed E-state index contributed by atoms with van der Waals surface area (Å²) in [6.07, 6.45) is 3.05. The maximum Gasteiger partial charge on any atom is 0.260 e. The van der Waals surface area contributed by atoms with Gasteiger partial charge in [0.25, 0.3) is 5.91 Å². The SMILES string of the molecule is Cc1cc(CCC2CN(C(=O)COc3ccccc3F)CCO2)ncn1. The smallest absolute Gasteiger partial charge is 0.260 e. The van der Waals surface area contributed by atoms with Crippen LogP contribution in [0.1, 0.15) is 17.8 Å². The van der Waals surface area contributed by atoms with E-state index in [9.17, 15) is 9.18 Å². The molecule has 1 aliphatic rings. The summed E-state index contributed by atoms with van der Waals surface area (Å²) < 4.78 is 24.6. The number of hydrogen-bond donors (Lipinski definition) is 0. The lowest BCUT2D eigenvalue weighted by molar-refractivity contribution is -0.141. The molecule has 3 rings (SSSR count). The minimum absolute atomic E-state index is 0.0450.